The molecule has 2 aromatic rings. The molecule has 1 atom stereocenters. The first-order chi connectivity index (χ1) is 17.5. The highest BCUT2D eigenvalue weighted by molar-refractivity contribution is 5.96. The van der Waals surface area contributed by atoms with E-state index in [0.717, 1.165) is 50.1 Å². The van der Waals surface area contributed by atoms with Crippen LogP contribution in [-0.2, 0) is 4.74 Å². The Bertz CT molecular complexity index is 983. The minimum absolute atomic E-state index is 0.0714. The number of benzene rings is 2. The molecule has 0 radical (unpaired) electrons. The van der Waals surface area contributed by atoms with Gasteiger partial charge in [-0.15, -0.1) is 0 Å². The van der Waals surface area contributed by atoms with Crippen LogP contribution >= 0.6 is 0 Å². The molecule has 7 nitrogen and oxygen atoms in total. The number of hydrogen-bond acceptors (Lipinski definition) is 6. The van der Waals surface area contributed by atoms with Crippen molar-refractivity contribution in [1.82, 2.24) is 9.80 Å². The van der Waals surface area contributed by atoms with E-state index in [9.17, 15) is 4.79 Å². The van der Waals surface area contributed by atoms with E-state index < -0.39 is 0 Å². The number of rotatable bonds is 13. The molecule has 1 saturated heterocycles. The molecule has 1 aliphatic rings. The SMILES string of the molecule is CCOC1CCCN1CCCN(C/C(C)=C/c1ccccc1)C(=O)c1cc(OC)c(OC)c(OC)c1. The molecular weight excluding hydrogens is 456 g/mol. The summed E-state index contributed by atoms with van der Waals surface area (Å²) in [5.41, 5.74) is 2.73. The van der Waals surface area contributed by atoms with Crippen LogP contribution in [0.4, 0.5) is 0 Å². The van der Waals surface area contributed by atoms with Gasteiger partial charge >= 0.3 is 0 Å². The van der Waals surface area contributed by atoms with E-state index in [-0.39, 0.29) is 12.1 Å². The van der Waals surface area contributed by atoms with Crippen molar-refractivity contribution in [2.45, 2.75) is 39.3 Å². The lowest BCUT2D eigenvalue weighted by Gasteiger charge is -2.27. The molecule has 36 heavy (non-hydrogen) atoms. The zero-order valence-electron chi connectivity index (χ0n) is 22.3. The number of hydrogen-bond donors (Lipinski definition) is 0. The molecule has 1 heterocycles. The summed E-state index contributed by atoms with van der Waals surface area (Å²) in [5.74, 6) is 1.33. The van der Waals surface area contributed by atoms with Gasteiger partial charge in [-0.05, 0) is 50.8 Å². The van der Waals surface area contributed by atoms with Gasteiger partial charge in [-0.25, -0.2) is 0 Å². The fourth-order valence-corrected chi connectivity index (χ4v) is 4.72. The molecule has 1 unspecified atom stereocenters. The monoisotopic (exact) mass is 496 g/mol. The fourth-order valence-electron chi connectivity index (χ4n) is 4.72. The molecule has 1 aliphatic heterocycles. The molecule has 2 aromatic carbocycles. The first kappa shape index (κ1) is 27.6. The Morgan fingerprint density at radius 1 is 1.08 bits per heavy atom. The van der Waals surface area contributed by atoms with Crippen LogP contribution in [0.15, 0.2) is 48.0 Å². The Kier molecular flexibility index (Phi) is 10.6. The maximum atomic E-state index is 13.8. The third-order valence-electron chi connectivity index (χ3n) is 6.39. The molecule has 0 bridgehead atoms. The van der Waals surface area contributed by atoms with Gasteiger partial charge in [0.05, 0.1) is 21.3 Å². The minimum atomic E-state index is -0.0714. The highest BCUT2D eigenvalue weighted by Crippen LogP contribution is 2.38. The Morgan fingerprint density at radius 3 is 2.39 bits per heavy atom. The average Bonchev–Trinajstić information content (AvgIpc) is 3.34. The number of ether oxygens (including phenoxy) is 4. The number of likely N-dealkylation sites (tertiary alicyclic amines) is 1. The van der Waals surface area contributed by atoms with Crippen LogP contribution in [-0.4, -0.2) is 76.1 Å². The lowest BCUT2D eigenvalue weighted by Crippen LogP contribution is -2.37. The van der Waals surface area contributed by atoms with Gasteiger partial charge in [0.2, 0.25) is 5.75 Å². The molecule has 3 rings (SSSR count). The summed E-state index contributed by atoms with van der Waals surface area (Å²) in [6, 6.07) is 13.6. The molecule has 1 fully saturated rings. The van der Waals surface area contributed by atoms with Gasteiger partial charge in [0.1, 0.15) is 6.23 Å². The second-order valence-corrected chi connectivity index (χ2v) is 8.98. The molecule has 0 spiro atoms. The average molecular weight is 497 g/mol. The van der Waals surface area contributed by atoms with E-state index in [1.165, 1.54) is 0 Å². The number of methoxy groups -OCH3 is 3. The van der Waals surface area contributed by atoms with Gasteiger partial charge in [-0.3, -0.25) is 9.69 Å². The third kappa shape index (κ3) is 7.24. The van der Waals surface area contributed by atoms with Crippen molar-refractivity contribution in [1.29, 1.82) is 0 Å². The normalized spacial score (nSPS) is 16.1. The summed E-state index contributed by atoms with van der Waals surface area (Å²) in [6.07, 6.45) is 5.40. The smallest absolute Gasteiger partial charge is 0.254 e. The van der Waals surface area contributed by atoms with Crippen molar-refractivity contribution in [2.24, 2.45) is 0 Å². The van der Waals surface area contributed by atoms with Gasteiger partial charge in [-0.1, -0.05) is 42.0 Å². The summed E-state index contributed by atoms with van der Waals surface area (Å²) in [5, 5.41) is 0. The van der Waals surface area contributed by atoms with E-state index in [1.54, 1.807) is 33.5 Å². The van der Waals surface area contributed by atoms with Crippen molar-refractivity contribution >= 4 is 12.0 Å². The highest BCUT2D eigenvalue weighted by Gasteiger charge is 2.25. The number of nitrogens with zero attached hydrogens (tertiary/aromatic N) is 2. The second-order valence-electron chi connectivity index (χ2n) is 8.98. The zero-order chi connectivity index (χ0) is 25.9. The van der Waals surface area contributed by atoms with Crippen LogP contribution in [0.3, 0.4) is 0 Å². The van der Waals surface area contributed by atoms with E-state index in [0.29, 0.717) is 35.9 Å². The van der Waals surface area contributed by atoms with Crippen LogP contribution < -0.4 is 14.2 Å². The maximum Gasteiger partial charge on any atom is 0.254 e. The number of carbonyl (C=O) groups excluding carboxylic acids is 1. The van der Waals surface area contributed by atoms with Crippen molar-refractivity contribution in [3.05, 3.63) is 59.2 Å². The summed E-state index contributed by atoms with van der Waals surface area (Å²) < 4.78 is 22.3. The van der Waals surface area contributed by atoms with Crippen molar-refractivity contribution in [3.63, 3.8) is 0 Å². The summed E-state index contributed by atoms with van der Waals surface area (Å²) in [6.45, 7) is 7.91. The molecule has 0 aromatic heterocycles. The molecule has 0 aliphatic carbocycles. The quantitative estimate of drug-likeness (QED) is 0.384. The topological polar surface area (TPSA) is 60.5 Å². The maximum absolute atomic E-state index is 13.8. The van der Waals surface area contributed by atoms with Gasteiger partial charge in [0, 0.05) is 38.3 Å². The molecule has 0 N–H and O–H groups in total. The first-order valence-corrected chi connectivity index (χ1v) is 12.7. The van der Waals surface area contributed by atoms with E-state index in [2.05, 4.69) is 30.0 Å². The number of amides is 1. The van der Waals surface area contributed by atoms with Gasteiger partial charge < -0.3 is 23.8 Å². The van der Waals surface area contributed by atoms with Crippen molar-refractivity contribution in [2.75, 3.05) is 54.1 Å². The molecule has 7 heteroatoms. The van der Waals surface area contributed by atoms with E-state index in [1.807, 2.05) is 30.0 Å². The molecule has 1 amide bonds. The van der Waals surface area contributed by atoms with Crippen molar-refractivity contribution in [3.8, 4) is 17.2 Å². The highest BCUT2D eigenvalue weighted by atomic mass is 16.5. The Hall–Kier alpha value is -3.03. The van der Waals surface area contributed by atoms with E-state index >= 15 is 0 Å². The largest absolute Gasteiger partial charge is 0.493 e. The Balaban J connectivity index is 1.81. The predicted octanol–water partition coefficient (Wildman–Crippen LogP) is 5.11. The van der Waals surface area contributed by atoms with Crippen molar-refractivity contribution < 1.29 is 23.7 Å². The van der Waals surface area contributed by atoms with Gasteiger partial charge in [0.15, 0.2) is 11.5 Å². The van der Waals surface area contributed by atoms with Gasteiger partial charge in [0.25, 0.3) is 5.91 Å². The van der Waals surface area contributed by atoms with E-state index in [4.69, 9.17) is 18.9 Å². The first-order valence-electron chi connectivity index (χ1n) is 12.7. The van der Waals surface area contributed by atoms with Crippen LogP contribution in [0.2, 0.25) is 0 Å². The predicted molar refractivity (Wildman–Crippen MR) is 143 cm³/mol. The molecule has 196 valence electrons. The second kappa shape index (κ2) is 13.9. The molecular formula is C29H40N2O5. The zero-order valence-corrected chi connectivity index (χ0v) is 22.3. The van der Waals surface area contributed by atoms with Crippen LogP contribution in [0.1, 0.15) is 49.0 Å². The van der Waals surface area contributed by atoms with Crippen LogP contribution in [0.5, 0.6) is 17.2 Å². The third-order valence-corrected chi connectivity index (χ3v) is 6.39. The summed E-state index contributed by atoms with van der Waals surface area (Å²) in [4.78, 5) is 18.1. The standard InChI is InChI=1S/C29H40N2O5/c1-6-36-27-14-10-15-30(27)16-11-17-31(21-22(2)18-23-12-8-7-9-13-23)29(32)24-19-25(33-3)28(35-5)26(20-24)34-4/h7-9,12-13,18-20,27H,6,10-11,14-17,21H2,1-5H3/b22-18+. The number of carbonyl (C=O) groups is 1. The van der Waals surface area contributed by atoms with Crippen LogP contribution in [0.25, 0.3) is 6.08 Å². The molecule has 0 saturated carbocycles. The lowest BCUT2D eigenvalue weighted by molar-refractivity contribution is -0.0301. The lowest BCUT2D eigenvalue weighted by atomic mass is 10.1. The minimum Gasteiger partial charge on any atom is -0.493 e. The Morgan fingerprint density at radius 2 is 1.78 bits per heavy atom. The summed E-state index contributed by atoms with van der Waals surface area (Å²) >= 11 is 0. The summed E-state index contributed by atoms with van der Waals surface area (Å²) in [7, 11) is 4.67. The van der Waals surface area contributed by atoms with Crippen LogP contribution in [0, 0.1) is 0 Å². The Labute approximate surface area is 215 Å². The van der Waals surface area contributed by atoms with Gasteiger partial charge in [-0.2, -0.15) is 0 Å². The fraction of sp³-hybridized carbons (Fsp3) is 0.483.